The number of H-pyrrole nitrogens is 1. The molecule has 3 rings (SSSR count). The van der Waals surface area contributed by atoms with Crippen LogP contribution in [0.5, 0.6) is 0 Å². The Labute approximate surface area is 154 Å². The summed E-state index contributed by atoms with van der Waals surface area (Å²) >= 11 is 0. The zero-order valence-corrected chi connectivity index (χ0v) is 17.7. The first-order chi connectivity index (χ1) is 11.9. The Morgan fingerprint density at radius 3 is 2.54 bits per heavy atom. The molecule has 3 heterocycles. The minimum atomic E-state index is -2.06. The van der Waals surface area contributed by atoms with Crippen LogP contribution in [0.1, 0.15) is 47.3 Å². The molecule has 0 radical (unpaired) electrons. The average Bonchev–Trinajstić information content (AvgIpc) is 2.94. The maximum absolute atomic E-state index is 12.3. The molecule has 0 spiro atoms. The number of rotatable bonds is 4. The Morgan fingerprint density at radius 1 is 1.35 bits per heavy atom. The molecule has 2 aliphatic heterocycles. The van der Waals surface area contributed by atoms with Gasteiger partial charge in [-0.25, -0.2) is 4.79 Å². The number of nitrogens with one attached hydrogen (secondary N) is 1. The predicted molar refractivity (Wildman–Crippen MR) is 101 cm³/mol. The standard InChI is InChI=1S/C18H30N2O5Si/c1-8-18-11(2)23-13(14(18)25-26(6,7)17(3,4)5)15(24-18)20-10-9-12(21)19-16(20)22/h9-11,13-15H,8H2,1-7H3,(H,19,21,22)/t11-,13+,14-,15+,18-/m0/s1. The summed E-state index contributed by atoms with van der Waals surface area (Å²) in [5.41, 5.74) is -1.52. The molecule has 2 aliphatic rings. The lowest BCUT2D eigenvalue weighted by Gasteiger charge is -2.41. The van der Waals surface area contributed by atoms with Crippen LogP contribution in [0.4, 0.5) is 0 Å². The number of fused-ring (bicyclic) bond motifs is 2. The van der Waals surface area contributed by atoms with Crippen LogP contribution in [0.15, 0.2) is 21.9 Å². The van der Waals surface area contributed by atoms with Crippen molar-refractivity contribution in [2.24, 2.45) is 0 Å². The van der Waals surface area contributed by atoms with E-state index in [0.29, 0.717) is 0 Å². The smallest absolute Gasteiger partial charge is 0.330 e. The molecular weight excluding hydrogens is 352 g/mol. The van der Waals surface area contributed by atoms with E-state index in [0.717, 1.165) is 6.42 Å². The van der Waals surface area contributed by atoms with Crippen molar-refractivity contribution < 1.29 is 13.9 Å². The quantitative estimate of drug-likeness (QED) is 0.809. The van der Waals surface area contributed by atoms with Crippen LogP contribution < -0.4 is 11.2 Å². The second-order valence-electron chi connectivity index (χ2n) is 8.88. The lowest BCUT2D eigenvalue weighted by Crippen LogP contribution is -2.52. The Morgan fingerprint density at radius 2 is 2.00 bits per heavy atom. The topological polar surface area (TPSA) is 82.6 Å². The van der Waals surface area contributed by atoms with Gasteiger partial charge in [-0.05, 0) is 31.5 Å². The van der Waals surface area contributed by atoms with Gasteiger partial charge in [-0.3, -0.25) is 14.3 Å². The van der Waals surface area contributed by atoms with Crippen molar-refractivity contribution in [2.75, 3.05) is 0 Å². The van der Waals surface area contributed by atoms with Gasteiger partial charge in [0, 0.05) is 12.3 Å². The second kappa shape index (κ2) is 6.15. The molecular formula is C18H30N2O5Si. The predicted octanol–water partition coefficient (Wildman–Crippen LogP) is 2.39. The van der Waals surface area contributed by atoms with E-state index >= 15 is 0 Å². The molecule has 1 N–H and O–H groups in total. The largest absolute Gasteiger partial charge is 0.408 e. The molecule has 2 saturated heterocycles. The molecule has 2 bridgehead atoms. The fourth-order valence-electron chi connectivity index (χ4n) is 3.68. The van der Waals surface area contributed by atoms with E-state index in [1.165, 1.54) is 16.8 Å². The highest BCUT2D eigenvalue weighted by Gasteiger charge is 2.66. The molecule has 0 unspecified atom stereocenters. The number of ether oxygens (including phenoxy) is 2. The average molecular weight is 383 g/mol. The minimum Gasteiger partial charge on any atom is -0.408 e. The number of aromatic amines is 1. The number of aromatic nitrogens is 2. The molecule has 1 aromatic heterocycles. The zero-order chi connectivity index (χ0) is 19.5. The van der Waals surface area contributed by atoms with E-state index in [-0.39, 0.29) is 23.4 Å². The van der Waals surface area contributed by atoms with Gasteiger partial charge in [-0.1, -0.05) is 27.7 Å². The van der Waals surface area contributed by atoms with Crippen molar-refractivity contribution in [3.05, 3.63) is 33.1 Å². The van der Waals surface area contributed by atoms with Crippen molar-refractivity contribution in [1.82, 2.24) is 9.55 Å². The first-order valence-electron chi connectivity index (χ1n) is 9.25. The number of hydrogen-bond acceptors (Lipinski definition) is 5. The summed E-state index contributed by atoms with van der Waals surface area (Å²) < 4.78 is 20.7. The minimum absolute atomic E-state index is 0.0531. The van der Waals surface area contributed by atoms with E-state index in [2.05, 4.69) is 45.8 Å². The van der Waals surface area contributed by atoms with Gasteiger partial charge in [0.05, 0.1) is 6.10 Å². The molecule has 8 heteroatoms. The molecule has 0 amide bonds. The maximum Gasteiger partial charge on any atom is 0.330 e. The molecule has 26 heavy (non-hydrogen) atoms. The molecule has 5 atom stereocenters. The van der Waals surface area contributed by atoms with E-state index < -0.39 is 31.4 Å². The van der Waals surface area contributed by atoms with E-state index in [1.807, 2.05) is 6.92 Å². The Balaban J connectivity index is 2.00. The number of nitrogens with zero attached hydrogens (tertiary/aromatic N) is 1. The van der Waals surface area contributed by atoms with Crippen LogP contribution in [0.25, 0.3) is 0 Å². The van der Waals surface area contributed by atoms with Crippen LogP contribution in [0.3, 0.4) is 0 Å². The fraction of sp³-hybridized carbons (Fsp3) is 0.778. The van der Waals surface area contributed by atoms with Crippen LogP contribution in [-0.2, 0) is 13.9 Å². The van der Waals surface area contributed by atoms with E-state index in [9.17, 15) is 9.59 Å². The third-order valence-electron chi connectivity index (χ3n) is 6.36. The van der Waals surface area contributed by atoms with E-state index in [4.69, 9.17) is 13.9 Å². The summed E-state index contributed by atoms with van der Waals surface area (Å²) in [4.78, 5) is 25.9. The Kier molecular flexibility index (Phi) is 4.62. The van der Waals surface area contributed by atoms with Crippen LogP contribution >= 0.6 is 0 Å². The van der Waals surface area contributed by atoms with Gasteiger partial charge >= 0.3 is 5.69 Å². The fourth-order valence-corrected chi connectivity index (χ4v) is 5.00. The van der Waals surface area contributed by atoms with Crippen LogP contribution in [-0.4, -0.2) is 41.8 Å². The lowest BCUT2D eigenvalue weighted by molar-refractivity contribution is -0.208. The second-order valence-corrected chi connectivity index (χ2v) is 13.6. The highest BCUT2D eigenvalue weighted by atomic mass is 28.4. The number of hydrogen-bond donors (Lipinski definition) is 1. The molecule has 7 nitrogen and oxygen atoms in total. The summed E-state index contributed by atoms with van der Waals surface area (Å²) in [7, 11) is -2.06. The summed E-state index contributed by atoms with van der Waals surface area (Å²) in [5, 5.41) is 0.0531. The first kappa shape index (κ1) is 19.5. The normalized spacial score (nSPS) is 34.4. The Hall–Kier alpha value is -1.22. The zero-order valence-electron chi connectivity index (χ0n) is 16.7. The third kappa shape index (κ3) is 2.83. The van der Waals surface area contributed by atoms with Crippen molar-refractivity contribution in [2.45, 2.75) is 89.3 Å². The van der Waals surface area contributed by atoms with Gasteiger partial charge in [0.2, 0.25) is 0 Å². The molecule has 146 valence electrons. The van der Waals surface area contributed by atoms with Gasteiger partial charge in [0.25, 0.3) is 5.56 Å². The van der Waals surface area contributed by atoms with Gasteiger partial charge in [-0.2, -0.15) is 0 Å². The summed E-state index contributed by atoms with van der Waals surface area (Å²) in [6.45, 7) is 15.1. The SMILES string of the molecule is CC[C@]12O[C@@H](n3ccc(=O)[nH]c3=O)[C@H](O[C@H]1C)[C@@H]2O[Si](C)(C)C(C)(C)C. The van der Waals surface area contributed by atoms with Crippen molar-refractivity contribution in [3.63, 3.8) is 0 Å². The van der Waals surface area contributed by atoms with Gasteiger partial charge < -0.3 is 13.9 Å². The highest BCUT2D eigenvalue weighted by molar-refractivity contribution is 6.74. The van der Waals surface area contributed by atoms with Crippen molar-refractivity contribution in [3.8, 4) is 0 Å². The van der Waals surface area contributed by atoms with E-state index in [1.54, 1.807) is 0 Å². The highest BCUT2D eigenvalue weighted by Crippen LogP contribution is 2.53. The Bertz CT molecular complexity index is 796. The van der Waals surface area contributed by atoms with Gasteiger partial charge in [0.1, 0.15) is 17.8 Å². The summed E-state index contributed by atoms with van der Waals surface area (Å²) in [6.07, 6.45) is 0.827. The van der Waals surface area contributed by atoms with Crippen LogP contribution in [0.2, 0.25) is 18.1 Å². The maximum atomic E-state index is 12.3. The molecule has 1 aromatic rings. The molecule has 0 aliphatic carbocycles. The summed E-state index contributed by atoms with van der Waals surface area (Å²) in [6, 6.07) is 1.32. The van der Waals surface area contributed by atoms with Crippen molar-refractivity contribution in [1.29, 1.82) is 0 Å². The molecule has 0 aromatic carbocycles. The van der Waals surface area contributed by atoms with Gasteiger partial charge in [-0.15, -0.1) is 0 Å². The molecule has 2 fully saturated rings. The van der Waals surface area contributed by atoms with Crippen LogP contribution in [0, 0.1) is 0 Å². The first-order valence-corrected chi connectivity index (χ1v) is 12.2. The molecule has 0 saturated carbocycles. The monoisotopic (exact) mass is 382 g/mol. The lowest BCUT2D eigenvalue weighted by atomic mass is 9.91. The van der Waals surface area contributed by atoms with Crippen molar-refractivity contribution >= 4 is 8.32 Å². The van der Waals surface area contributed by atoms with Gasteiger partial charge in [0.15, 0.2) is 14.5 Å². The third-order valence-corrected chi connectivity index (χ3v) is 10.8. The summed E-state index contributed by atoms with van der Waals surface area (Å²) in [5.74, 6) is 0.